The van der Waals surface area contributed by atoms with Gasteiger partial charge in [0.2, 0.25) is 0 Å². The van der Waals surface area contributed by atoms with Crippen molar-refractivity contribution >= 4 is 11.3 Å². The number of pyridine rings is 1. The van der Waals surface area contributed by atoms with Gasteiger partial charge < -0.3 is 9.94 Å². The van der Waals surface area contributed by atoms with Crippen molar-refractivity contribution in [2.45, 2.75) is 12.8 Å². The van der Waals surface area contributed by atoms with E-state index in [1.54, 1.807) is 6.07 Å². The van der Waals surface area contributed by atoms with Crippen LogP contribution in [0.2, 0.25) is 0 Å². The number of nitrogens with zero attached hydrogens (tertiary/aromatic N) is 1. The predicted octanol–water partition coefficient (Wildman–Crippen LogP) is 2.73. The zero-order chi connectivity index (χ0) is 12.3. The van der Waals surface area contributed by atoms with E-state index in [1.807, 2.05) is 43.3 Å². The lowest BCUT2D eigenvalue weighted by atomic mass is 9.95. The molecule has 0 radical (unpaired) electrons. The van der Waals surface area contributed by atoms with E-state index in [1.165, 1.54) is 6.20 Å². The van der Waals surface area contributed by atoms with Crippen molar-refractivity contribution in [1.29, 1.82) is 0 Å². The largest absolute Gasteiger partial charge is 0.805 e. The van der Waals surface area contributed by atoms with E-state index in [-0.39, 0.29) is 21.8 Å². The Bertz CT molecular complexity index is 600. The monoisotopic (exact) mass is 246 g/mol. The summed E-state index contributed by atoms with van der Waals surface area (Å²) in [6, 6.07) is 13.3. The lowest BCUT2D eigenvalue weighted by molar-refractivity contribution is 0.698. The van der Waals surface area contributed by atoms with E-state index in [4.69, 9.17) is 0 Å². The fourth-order valence-electron chi connectivity index (χ4n) is 1.83. The second-order valence-electron chi connectivity index (χ2n) is 3.81. The Morgan fingerprint density at radius 3 is 2.53 bits per heavy atom. The van der Waals surface area contributed by atoms with Gasteiger partial charge in [-0.1, -0.05) is 43.3 Å². The third-order valence-corrected chi connectivity index (χ3v) is 3.36. The van der Waals surface area contributed by atoms with E-state index in [9.17, 15) is 9.42 Å². The molecule has 2 aromatic rings. The van der Waals surface area contributed by atoms with Crippen LogP contribution in [0.15, 0.2) is 48.7 Å². The summed E-state index contributed by atoms with van der Waals surface area (Å²) in [6.45, 7) is 1.99. The van der Waals surface area contributed by atoms with Gasteiger partial charge in [-0.15, -0.1) is 0 Å². The first kappa shape index (κ1) is 11.7. The third-order valence-electron chi connectivity index (χ3n) is 2.79. The molecule has 0 amide bonds. The van der Waals surface area contributed by atoms with Crippen LogP contribution in [0, 0.1) is 9.85 Å². The molecular formula is C13H12NO2S-. The second kappa shape index (κ2) is 5.01. The number of rotatable bonds is 2. The molecule has 1 unspecified atom stereocenters. The molecule has 0 bridgehead atoms. The average molecular weight is 246 g/mol. The van der Waals surface area contributed by atoms with Gasteiger partial charge in [0.15, 0.2) is 0 Å². The molecule has 0 fully saturated rings. The van der Waals surface area contributed by atoms with E-state index in [0.29, 0.717) is 4.73 Å². The molecule has 88 valence electrons. The van der Waals surface area contributed by atoms with Gasteiger partial charge in [-0.2, -0.15) is 0 Å². The zero-order valence-corrected chi connectivity index (χ0v) is 10.2. The molecular weight excluding hydrogens is 234 g/mol. The Balaban J connectivity index is 2.56. The second-order valence-corrected chi connectivity index (χ2v) is 4.36. The quantitative estimate of drug-likeness (QED) is 0.765. The van der Waals surface area contributed by atoms with E-state index < -0.39 is 0 Å². The zero-order valence-electron chi connectivity index (χ0n) is 9.37. The first-order valence-corrected chi connectivity index (χ1v) is 6.05. The van der Waals surface area contributed by atoms with Crippen molar-refractivity contribution in [3.63, 3.8) is 0 Å². The number of hydrogen-bond acceptors (Lipinski definition) is 2. The average Bonchev–Trinajstić information content (AvgIpc) is 2.38. The Hall–Kier alpha value is -1.81. The van der Waals surface area contributed by atoms with Crippen molar-refractivity contribution in [2.24, 2.45) is 0 Å². The minimum atomic E-state index is 0.0362. The van der Waals surface area contributed by atoms with Crippen molar-refractivity contribution in [2.75, 3.05) is 0 Å². The molecule has 1 heterocycles. The Morgan fingerprint density at radius 2 is 1.88 bits per heavy atom. The molecule has 4 heteroatoms. The molecule has 3 nitrogen and oxygen atoms in total. The summed E-state index contributed by atoms with van der Waals surface area (Å²) < 4.78 is 11.9. The lowest BCUT2D eigenvalue weighted by Gasteiger charge is -2.17. The number of benzene rings is 1. The molecule has 0 aliphatic heterocycles. The van der Waals surface area contributed by atoms with Crippen LogP contribution < -0.4 is 0 Å². The molecule has 1 atom stereocenters. The maximum atomic E-state index is 11.5. The highest BCUT2D eigenvalue weighted by Gasteiger charge is 2.10. The smallest absolute Gasteiger partial charge is 0.135 e. The summed E-state index contributed by atoms with van der Waals surface area (Å²) in [4.78, 5) is 0. The standard InChI is InChI=1S/C13H12NO2S/c1-10(11-6-3-2-4-7-11)12-8-5-9-14(15)13(12)17-16/h2-10H,1H3/q-1. The van der Waals surface area contributed by atoms with E-state index in [0.717, 1.165) is 11.1 Å². The van der Waals surface area contributed by atoms with Crippen LogP contribution in [0.4, 0.5) is 0 Å². The van der Waals surface area contributed by atoms with Gasteiger partial charge in [0.1, 0.15) is 15.9 Å². The first-order chi connectivity index (χ1) is 8.24. The Morgan fingerprint density at radius 1 is 1.18 bits per heavy atom. The van der Waals surface area contributed by atoms with Gasteiger partial charge in [-0.3, -0.25) is 0 Å². The number of hydrogen-bond donors (Lipinski definition) is 0. The van der Waals surface area contributed by atoms with E-state index >= 15 is 0 Å². The highest BCUT2D eigenvalue weighted by atomic mass is 32.1. The van der Waals surface area contributed by atoms with Gasteiger partial charge in [0.25, 0.3) is 0 Å². The molecule has 1 aromatic heterocycles. The fourth-order valence-corrected chi connectivity index (χ4v) is 2.30. The van der Waals surface area contributed by atoms with Crippen molar-refractivity contribution < 1.29 is 4.21 Å². The van der Waals surface area contributed by atoms with Crippen LogP contribution in [-0.2, 0) is 11.3 Å². The van der Waals surface area contributed by atoms with Crippen molar-refractivity contribution in [1.82, 2.24) is 4.73 Å². The Labute approximate surface area is 103 Å². The predicted molar refractivity (Wildman–Crippen MR) is 68.5 cm³/mol. The molecule has 0 N–H and O–H groups in total. The van der Waals surface area contributed by atoms with Crippen LogP contribution in [0.5, 0.6) is 0 Å². The van der Waals surface area contributed by atoms with Gasteiger partial charge in [-0.05, 0) is 23.4 Å². The SMILES string of the molecule is CC(c1ccccc1)c1cccn([O-])c1=S=O. The van der Waals surface area contributed by atoms with Crippen LogP contribution >= 0.6 is 0 Å². The maximum absolute atomic E-state index is 11.5. The summed E-state index contributed by atoms with van der Waals surface area (Å²) >= 11 is 0.246. The summed E-state index contributed by atoms with van der Waals surface area (Å²) in [5, 5.41) is 11.5. The minimum Gasteiger partial charge on any atom is -0.805 e. The Kier molecular flexibility index (Phi) is 3.44. The topological polar surface area (TPSA) is 45.1 Å². The summed E-state index contributed by atoms with van der Waals surface area (Å²) in [5.41, 5.74) is 1.86. The number of aromatic nitrogens is 1. The van der Waals surface area contributed by atoms with Crippen LogP contribution in [0.25, 0.3) is 0 Å². The summed E-state index contributed by atoms with van der Waals surface area (Å²) in [6.07, 6.45) is 1.35. The fraction of sp³-hybridized carbons (Fsp3) is 0.154. The lowest BCUT2D eigenvalue weighted by Crippen LogP contribution is -2.02. The summed E-state index contributed by atoms with van der Waals surface area (Å²) in [7, 11) is 0. The highest BCUT2D eigenvalue weighted by Crippen LogP contribution is 2.23. The molecule has 0 aliphatic rings. The molecule has 2 rings (SSSR count). The van der Waals surface area contributed by atoms with Gasteiger partial charge in [-0.25, -0.2) is 4.21 Å². The van der Waals surface area contributed by atoms with E-state index in [2.05, 4.69) is 0 Å². The highest BCUT2D eigenvalue weighted by molar-refractivity contribution is 7.56. The van der Waals surface area contributed by atoms with Gasteiger partial charge in [0.05, 0.1) is 0 Å². The van der Waals surface area contributed by atoms with Gasteiger partial charge in [0, 0.05) is 5.92 Å². The minimum absolute atomic E-state index is 0.0362. The molecule has 0 saturated carbocycles. The van der Waals surface area contributed by atoms with Crippen LogP contribution in [0.3, 0.4) is 0 Å². The molecule has 0 aliphatic carbocycles. The van der Waals surface area contributed by atoms with Crippen molar-refractivity contribution in [3.8, 4) is 0 Å². The molecule has 0 spiro atoms. The molecule has 1 aromatic carbocycles. The van der Waals surface area contributed by atoms with Gasteiger partial charge >= 0.3 is 0 Å². The van der Waals surface area contributed by atoms with Crippen LogP contribution in [0.1, 0.15) is 24.0 Å². The normalized spacial score (nSPS) is 12.1. The molecule has 17 heavy (non-hydrogen) atoms. The van der Waals surface area contributed by atoms with Crippen molar-refractivity contribution in [3.05, 3.63) is 69.6 Å². The first-order valence-electron chi connectivity index (χ1n) is 5.31. The third kappa shape index (κ3) is 2.31. The maximum Gasteiger partial charge on any atom is 0.135 e. The van der Waals surface area contributed by atoms with Crippen LogP contribution in [-0.4, -0.2) is 8.94 Å². The molecule has 0 saturated heterocycles. The summed E-state index contributed by atoms with van der Waals surface area (Å²) in [5.74, 6) is 0.0362.